The summed E-state index contributed by atoms with van der Waals surface area (Å²) < 4.78 is 8.20. The second-order valence-corrected chi connectivity index (χ2v) is 9.08. The predicted molar refractivity (Wildman–Crippen MR) is 142 cm³/mol. The molecule has 0 fully saturated rings. The van der Waals surface area contributed by atoms with E-state index in [0.29, 0.717) is 33.9 Å². The van der Waals surface area contributed by atoms with Crippen LogP contribution < -0.4 is 5.32 Å². The van der Waals surface area contributed by atoms with Gasteiger partial charge in [0.2, 0.25) is 5.91 Å². The molecule has 0 spiro atoms. The van der Waals surface area contributed by atoms with Gasteiger partial charge >= 0.3 is 0 Å². The van der Waals surface area contributed by atoms with Crippen LogP contribution in [0.2, 0.25) is 15.1 Å². The number of amides is 1. The number of halogens is 3. The summed E-state index contributed by atoms with van der Waals surface area (Å²) in [5.41, 5.74) is 3.39. The van der Waals surface area contributed by atoms with Gasteiger partial charge in [-0.2, -0.15) is 0 Å². The Morgan fingerprint density at radius 2 is 1.83 bits per heavy atom. The second-order valence-electron chi connectivity index (χ2n) is 7.80. The first-order valence-electron chi connectivity index (χ1n) is 10.8. The summed E-state index contributed by atoms with van der Waals surface area (Å²) in [6.07, 6.45) is 8.29. The fourth-order valence-electron chi connectivity index (χ4n) is 3.43. The maximum absolute atomic E-state index is 12.2. The Labute approximate surface area is 218 Å². The van der Waals surface area contributed by atoms with Gasteiger partial charge < -0.3 is 14.6 Å². The van der Waals surface area contributed by atoms with Crippen molar-refractivity contribution in [2.75, 3.05) is 5.32 Å². The van der Waals surface area contributed by atoms with E-state index in [-0.39, 0.29) is 12.0 Å². The molecule has 0 aliphatic rings. The second kappa shape index (κ2) is 12.0. The van der Waals surface area contributed by atoms with Gasteiger partial charge in [0, 0.05) is 44.8 Å². The Balaban J connectivity index is 1.38. The molecular weight excluding hydrogens is 505 g/mol. The number of hydrogen-bond donors (Lipinski definition) is 1. The van der Waals surface area contributed by atoms with Crippen LogP contribution in [0.5, 0.6) is 0 Å². The van der Waals surface area contributed by atoms with Crippen LogP contribution in [0.15, 0.2) is 91.5 Å². The van der Waals surface area contributed by atoms with Gasteiger partial charge in [-0.05, 0) is 47.5 Å². The largest absolute Gasteiger partial charge is 0.367 e. The molecule has 178 valence electrons. The van der Waals surface area contributed by atoms with Crippen LogP contribution in [0.3, 0.4) is 0 Å². The van der Waals surface area contributed by atoms with Crippen molar-refractivity contribution in [3.05, 3.63) is 123 Å². The van der Waals surface area contributed by atoms with Crippen molar-refractivity contribution < 1.29 is 9.53 Å². The number of rotatable bonds is 9. The normalized spacial score (nSPS) is 12.1. The highest BCUT2D eigenvalue weighted by Crippen LogP contribution is 2.30. The number of nitrogens with zero attached hydrogens (tertiary/aromatic N) is 2. The molecule has 0 saturated heterocycles. The Hall–Kier alpha value is -3.09. The van der Waals surface area contributed by atoms with E-state index in [1.54, 1.807) is 55.0 Å². The number of anilines is 1. The number of carbonyl (C=O) groups is 1. The first kappa shape index (κ1) is 25.0. The molecule has 1 unspecified atom stereocenters. The quantitative estimate of drug-likeness (QED) is 0.230. The van der Waals surface area contributed by atoms with E-state index in [0.717, 1.165) is 16.7 Å². The van der Waals surface area contributed by atoms with Crippen LogP contribution in [-0.4, -0.2) is 15.5 Å². The van der Waals surface area contributed by atoms with Crippen LogP contribution in [-0.2, 0) is 22.7 Å². The molecule has 1 aromatic heterocycles. The maximum atomic E-state index is 12.2. The third-order valence-electron chi connectivity index (χ3n) is 5.20. The average Bonchev–Trinajstić information content (AvgIpc) is 3.35. The van der Waals surface area contributed by atoms with E-state index in [4.69, 9.17) is 39.5 Å². The van der Waals surface area contributed by atoms with Gasteiger partial charge in [-0.15, -0.1) is 0 Å². The molecule has 8 heteroatoms. The number of aromatic nitrogens is 2. The summed E-state index contributed by atoms with van der Waals surface area (Å²) >= 11 is 18.5. The average molecular weight is 527 g/mol. The van der Waals surface area contributed by atoms with Gasteiger partial charge in [0.05, 0.1) is 19.5 Å². The van der Waals surface area contributed by atoms with E-state index in [1.807, 2.05) is 41.1 Å². The fourth-order valence-corrected chi connectivity index (χ4v) is 4.15. The minimum atomic E-state index is -0.288. The number of ether oxygens (including phenoxy) is 1. The number of imidazole rings is 1. The van der Waals surface area contributed by atoms with Gasteiger partial charge in [-0.3, -0.25) is 4.79 Å². The molecule has 35 heavy (non-hydrogen) atoms. The molecule has 1 N–H and O–H groups in total. The SMILES string of the molecule is O=C(/C=C/c1ccc(COC(Cn2ccnc2)c2ccc(Cl)cc2Cl)cc1)Nc1cccc(Cl)c1. The lowest BCUT2D eigenvalue weighted by molar-refractivity contribution is -0.111. The van der Waals surface area contributed by atoms with Crippen molar-refractivity contribution in [1.82, 2.24) is 9.55 Å². The Bertz CT molecular complexity index is 1310. The van der Waals surface area contributed by atoms with Crippen LogP contribution in [0.1, 0.15) is 22.8 Å². The number of benzene rings is 3. The minimum absolute atomic E-state index is 0.234. The molecule has 0 bridgehead atoms. The highest BCUT2D eigenvalue weighted by molar-refractivity contribution is 6.35. The lowest BCUT2D eigenvalue weighted by Crippen LogP contribution is -2.12. The number of carbonyl (C=O) groups excluding carboxylic acids is 1. The van der Waals surface area contributed by atoms with E-state index >= 15 is 0 Å². The molecule has 0 radical (unpaired) electrons. The van der Waals surface area contributed by atoms with Crippen molar-refractivity contribution in [3.63, 3.8) is 0 Å². The van der Waals surface area contributed by atoms with Crippen molar-refractivity contribution in [2.24, 2.45) is 0 Å². The first-order chi connectivity index (χ1) is 17.0. The monoisotopic (exact) mass is 525 g/mol. The molecular formula is C27H22Cl3N3O2. The fraction of sp³-hybridized carbons (Fsp3) is 0.111. The van der Waals surface area contributed by atoms with Crippen molar-refractivity contribution >= 4 is 52.5 Å². The molecule has 1 amide bonds. The van der Waals surface area contributed by atoms with E-state index in [2.05, 4.69) is 10.3 Å². The molecule has 0 aliphatic carbocycles. The maximum Gasteiger partial charge on any atom is 0.248 e. The van der Waals surface area contributed by atoms with Crippen molar-refractivity contribution in [1.29, 1.82) is 0 Å². The third-order valence-corrected chi connectivity index (χ3v) is 5.99. The molecule has 3 aromatic carbocycles. The highest BCUT2D eigenvalue weighted by Gasteiger charge is 2.17. The van der Waals surface area contributed by atoms with Gasteiger partial charge in [0.15, 0.2) is 0 Å². The molecule has 4 aromatic rings. The van der Waals surface area contributed by atoms with Gasteiger partial charge in [-0.1, -0.05) is 71.2 Å². The summed E-state index contributed by atoms with van der Waals surface area (Å²) in [5.74, 6) is -0.234. The van der Waals surface area contributed by atoms with Crippen LogP contribution in [0.25, 0.3) is 6.08 Å². The molecule has 1 atom stereocenters. The van der Waals surface area contributed by atoms with Crippen molar-refractivity contribution in [3.8, 4) is 0 Å². The number of nitrogens with one attached hydrogen (secondary N) is 1. The summed E-state index contributed by atoms with van der Waals surface area (Å²) in [6, 6.07) is 20.2. The molecule has 4 rings (SSSR count). The van der Waals surface area contributed by atoms with Crippen LogP contribution >= 0.6 is 34.8 Å². The Morgan fingerprint density at radius 1 is 1.03 bits per heavy atom. The standard InChI is InChI=1S/C27H22Cl3N3O2/c28-21-2-1-3-23(14-21)32-27(34)11-8-19-4-6-20(7-5-19)17-35-26(16-33-13-12-31-18-33)24-10-9-22(29)15-25(24)30/h1-15,18,26H,16-17H2,(H,32,34)/b11-8+. The van der Waals surface area contributed by atoms with Crippen LogP contribution in [0.4, 0.5) is 5.69 Å². The predicted octanol–water partition coefficient (Wildman–Crippen LogP) is 7.45. The molecule has 1 heterocycles. The zero-order valence-corrected chi connectivity index (χ0v) is 20.8. The topological polar surface area (TPSA) is 56.2 Å². The molecule has 0 aliphatic heterocycles. The van der Waals surface area contributed by atoms with Gasteiger partial charge in [0.25, 0.3) is 0 Å². The summed E-state index contributed by atoms with van der Waals surface area (Å²) in [6.45, 7) is 0.946. The summed E-state index contributed by atoms with van der Waals surface area (Å²) in [4.78, 5) is 16.3. The highest BCUT2D eigenvalue weighted by atomic mass is 35.5. The zero-order chi connectivity index (χ0) is 24.6. The number of hydrogen-bond acceptors (Lipinski definition) is 3. The smallest absolute Gasteiger partial charge is 0.248 e. The summed E-state index contributed by atoms with van der Waals surface area (Å²) in [5, 5.41) is 4.48. The van der Waals surface area contributed by atoms with Gasteiger partial charge in [0.1, 0.15) is 6.10 Å². The Kier molecular flexibility index (Phi) is 8.61. The molecule has 0 saturated carbocycles. The van der Waals surface area contributed by atoms with Crippen LogP contribution in [0, 0.1) is 0 Å². The minimum Gasteiger partial charge on any atom is -0.367 e. The first-order valence-corrected chi connectivity index (χ1v) is 12.0. The lowest BCUT2D eigenvalue weighted by Gasteiger charge is -2.20. The van der Waals surface area contributed by atoms with E-state index < -0.39 is 0 Å². The zero-order valence-electron chi connectivity index (χ0n) is 18.6. The van der Waals surface area contributed by atoms with Gasteiger partial charge in [-0.25, -0.2) is 4.98 Å². The summed E-state index contributed by atoms with van der Waals surface area (Å²) in [7, 11) is 0. The van der Waals surface area contributed by atoms with E-state index in [1.165, 1.54) is 6.08 Å². The third kappa shape index (κ3) is 7.44. The van der Waals surface area contributed by atoms with E-state index in [9.17, 15) is 4.79 Å². The molecule has 5 nitrogen and oxygen atoms in total. The van der Waals surface area contributed by atoms with Crippen molar-refractivity contribution in [2.45, 2.75) is 19.3 Å². The lowest BCUT2D eigenvalue weighted by atomic mass is 10.1. The Morgan fingerprint density at radius 3 is 2.54 bits per heavy atom.